The zero-order valence-corrected chi connectivity index (χ0v) is 14.3. The lowest BCUT2D eigenvalue weighted by molar-refractivity contribution is 0.0926. The molecule has 0 fully saturated rings. The van der Waals surface area contributed by atoms with Crippen LogP contribution in [0.25, 0.3) is 12.2 Å². The van der Waals surface area contributed by atoms with Crippen LogP contribution in [0.5, 0.6) is 0 Å². The highest BCUT2D eigenvalue weighted by Gasteiger charge is 2.36. The lowest BCUT2D eigenvalue weighted by Gasteiger charge is -2.16. The zero-order chi connectivity index (χ0) is 18.8. The summed E-state index contributed by atoms with van der Waals surface area (Å²) in [5.74, 6) is -0.621. The molecule has 0 saturated carbocycles. The summed E-state index contributed by atoms with van der Waals surface area (Å²) in [5.41, 5.74) is 3.68. The maximum Gasteiger partial charge on any atom is 0.266 e. The second-order valence-corrected chi connectivity index (χ2v) is 6.12. The predicted octanol–water partition coefficient (Wildman–Crippen LogP) is 4.53. The molecule has 0 radical (unpaired) electrons. The number of fused-ring (bicyclic) bond motifs is 1. The van der Waals surface area contributed by atoms with E-state index in [1.807, 2.05) is 36.4 Å². The average Bonchev–Trinajstić information content (AvgIpc) is 2.98. The zero-order valence-electron chi connectivity index (χ0n) is 14.3. The monoisotopic (exact) mass is 350 g/mol. The highest BCUT2D eigenvalue weighted by Crippen LogP contribution is 2.31. The Morgan fingerprint density at radius 3 is 1.96 bits per heavy atom. The first-order valence-corrected chi connectivity index (χ1v) is 8.44. The lowest BCUT2D eigenvalue weighted by Crippen LogP contribution is -2.29. The minimum Gasteiger partial charge on any atom is -0.268 e. The van der Waals surface area contributed by atoms with Crippen molar-refractivity contribution in [2.45, 2.75) is 0 Å². The van der Waals surface area contributed by atoms with E-state index < -0.39 is 0 Å². The fraction of sp³-hybridized carbons (Fsp3) is 0. The van der Waals surface area contributed by atoms with Crippen LogP contribution in [0.3, 0.4) is 0 Å². The van der Waals surface area contributed by atoms with Gasteiger partial charge in [-0.15, -0.1) is 0 Å². The molecule has 0 saturated heterocycles. The maximum absolute atomic E-state index is 12.8. The van der Waals surface area contributed by atoms with Crippen LogP contribution < -0.4 is 4.90 Å². The number of nitrogens with zero attached hydrogens (tertiary/aromatic N) is 2. The Kier molecular flexibility index (Phi) is 4.12. The summed E-state index contributed by atoms with van der Waals surface area (Å²) < 4.78 is 0. The van der Waals surface area contributed by atoms with Crippen molar-refractivity contribution in [1.29, 1.82) is 5.26 Å². The third-order valence-electron chi connectivity index (χ3n) is 4.47. The van der Waals surface area contributed by atoms with Gasteiger partial charge in [0.25, 0.3) is 11.8 Å². The molecule has 3 aromatic rings. The van der Waals surface area contributed by atoms with Gasteiger partial charge in [-0.1, -0.05) is 54.6 Å². The fourth-order valence-electron chi connectivity index (χ4n) is 3.09. The summed E-state index contributed by atoms with van der Waals surface area (Å²) in [4.78, 5) is 26.7. The van der Waals surface area contributed by atoms with Gasteiger partial charge in [0.1, 0.15) is 0 Å². The number of hydrogen-bond donors (Lipinski definition) is 0. The highest BCUT2D eigenvalue weighted by molar-refractivity contribution is 6.34. The van der Waals surface area contributed by atoms with E-state index in [1.165, 1.54) is 4.90 Å². The van der Waals surface area contributed by atoms with Crippen molar-refractivity contribution in [2.75, 3.05) is 4.90 Å². The van der Waals surface area contributed by atoms with Crippen molar-refractivity contribution in [3.63, 3.8) is 0 Å². The lowest BCUT2D eigenvalue weighted by atomic mass is 10.1. The van der Waals surface area contributed by atoms with Gasteiger partial charge < -0.3 is 0 Å². The number of rotatable bonds is 3. The molecular weight excluding hydrogens is 336 g/mol. The molecule has 27 heavy (non-hydrogen) atoms. The summed E-state index contributed by atoms with van der Waals surface area (Å²) >= 11 is 0. The van der Waals surface area contributed by atoms with Crippen molar-refractivity contribution in [3.8, 4) is 6.07 Å². The second-order valence-electron chi connectivity index (χ2n) is 6.12. The molecule has 4 heteroatoms. The summed E-state index contributed by atoms with van der Waals surface area (Å²) in [6, 6.07) is 23.4. The quantitative estimate of drug-likeness (QED) is 0.515. The number of benzene rings is 3. The van der Waals surface area contributed by atoms with E-state index in [1.54, 1.807) is 48.5 Å². The average molecular weight is 350 g/mol. The minimum absolute atomic E-state index is 0.310. The molecule has 4 nitrogen and oxygen atoms in total. The maximum atomic E-state index is 12.8. The van der Waals surface area contributed by atoms with Crippen LogP contribution in [-0.2, 0) is 0 Å². The molecule has 0 atom stereocenters. The number of amides is 2. The normalized spacial score (nSPS) is 13.1. The van der Waals surface area contributed by atoms with Crippen LogP contribution in [0.15, 0.2) is 72.8 Å². The Morgan fingerprint density at radius 2 is 1.33 bits per heavy atom. The molecule has 0 unspecified atom stereocenters. The molecule has 0 bridgehead atoms. The molecule has 0 N–H and O–H groups in total. The number of para-hydroxylation sites is 1. The van der Waals surface area contributed by atoms with E-state index in [4.69, 9.17) is 5.26 Å². The van der Waals surface area contributed by atoms with Crippen LogP contribution >= 0.6 is 0 Å². The Labute approximate surface area is 156 Å². The first kappa shape index (κ1) is 16.5. The largest absolute Gasteiger partial charge is 0.268 e. The molecule has 0 aromatic heterocycles. The van der Waals surface area contributed by atoms with E-state index >= 15 is 0 Å². The molecular formula is C23H14N2O2. The van der Waals surface area contributed by atoms with Crippen molar-refractivity contribution in [1.82, 2.24) is 0 Å². The minimum atomic E-state index is -0.310. The summed E-state index contributed by atoms with van der Waals surface area (Å²) in [5, 5.41) is 8.88. The number of imide groups is 1. The molecule has 2 amide bonds. The van der Waals surface area contributed by atoms with Gasteiger partial charge >= 0.3 is 0 Å². The summed E-state index contributed by atoms with van der Waals surface area (Å²) in [7, 11) is 0. The third-order valence-corrected chi connectivity index (χ3v) is 4.47. The molecule has 3 aromatic carbocycles. The Balaban J connectivity index is 1.70. The van der Waals surface area contributed by atoms with E-state index in [0.29, 0.717) is 22.4 Å². The summed E-state index contributed by atoms with van der Waals surface area (Å²) in [6.45, 7) is 0. The first-order chi connectivity index (χ1) is 13.2. The molecule has 1 heterocycles. The van der Waals surface area contributed by atoms with E-state index in [0.717, 1.165) is 11.1 Å². The van der Waals surface area contributed by atoms with Crippen LogP contribution in [0.2, 0.25) is 0 Å². The molecule has 1 aliphatic rings. The number of anilines is 1. The van der Waals surface area contributed by atoms with Gasteiger partial charge in [-0.05, 0) is 41.5 Å². The van der Waals surface area contributed by atoms with Crippen molar-refractivity contribution >= 4 is 29.7 Å². The van der Waals surface area contributed by atoms with Gasteiger partial charge in [0.2, 0.25) is 0 Å². The number of hydrogen-bond acceptors (Lipinski definition) is 3. The summed E-state index contributed by atoms with van der Waals surface area (Å²) in [6.07, 6.45) is 3.75. The predicted molar refractivity (Wildman–Crippen MR) is 104 cm³/mol. The molecule has 0 aliphatic carbocycles. The highest BCUT2D eigenvalue weighted by atomic mass is 16.2. The van der Waals surface area contributed by atoms with Crippen molar-refractivity contribution in [2.24, 2.45) is 0 Å². The van der Waals surface area contributed by atoms with Gasteiger partial charge in [-0.3, -0.25) is 9.59 Å². The molecule has 128 valence electrons. The molecule has 0 spiro atoms. The first-order valence-electron chi connectivity index (χ1n) is 8.44. The Hall–Kier alpha value is -3.97. The SMILES string of the molecule is N#Cc1ccc(/C=C/c2ccccc2N2C(=O)c3ccccc3C2=O)cc1. The third kappa shape index (κ3) is 2.92. The van der Waals surface area contributed by atoms with Gasteiger partial charge in [0, 0.05) is 0 Å². The van der Waals surface area contributed by atoms with Crippen molar-refractivity contribution < 1.29 is 9.59 Å². The smallest absolute Gasteiger partial charge is 0.266 e. The Bertz CT molecular complexity index is 1090. The van der Waals surface area contributed by atoms with Crippen LogP contribution in [0.4, 0.5) is 5.69 Å². The number of carbonyl (C=O) groups is 2. The topological polar surface area (TPSA) is 61.2 Å². The van der Waals surface area contributed by atoms with Crippen LogP contribution in [0, 0.1) is 11.3 Å². The number of nitriles is 1. The van der Waals surface area contributed by atoms with Crippen LogP contribution in [-0.4, -0.2) is 11.8 Å². The van der Waals surface area contributed by atoms with Crippen molar-refractivity contribution in [3.05, 3.63) is 101 Å². The van der Waals surface area contributed by atoms with Gasteiger partial charge in [-0.2, -0.15) is 5.26 Å². The second kappa shape index (κ2) is 6.74. The molecule has 4 rings (SSSR count). The van der Waals surface area contributed by atoms with Crippen LogP contribution in [0.1, 0.15) is 37.4 Å². The van der Waals surface area contributed by atoms with E-state index in [-0.39, 0.29) is 11.8 Å². The standard InChI is InChI=1S/C23H14N2O2/c24-15-17-11-9-16(10-12-17)13-14-18-5-1-4-8-21(18)25-22(26)19-6-2-3-7-20(19)23(25)27/h1-14H/b14-13+. The van der Waals surface area contributed by atoms with Gasteiger partial charge in [0.15, 0.2) is 0 Å². The van der Waals surface area contributed by atoms with E-state index in [9.17, 15) is 9.59 Å². The fourth-order valence-corrected chi connectivity index (χ4v) is 3.09. The van der Waals surface area contributed by atoms with Gasteiger partial charge in [0.05, 0.1) is 28.4 Å². The number of carbonyl (C=O) groups excluding carboxylic acids is 2. The Morgan fingerprint density at radius 1 is 0.741 bits per heavy atom. The van der Waals surface area contributed by atoms with Gasteiger partial charge in [-0.25, -0.2) is 4.90 Å². The molecule has 1 aliphatic heterocycles. The van der Waals surface area contributed by atoms with E-state index in [2.05, 4.69) is 6.07 Å².